The maximum absolute atomic E-state index is 11.4. The standard InChI is InChI=1S/C33H33N9O4S/c1-5-39(6-2)26-13-9-23(10-14-26)29(24-11-15-27(16-12-24)40(7-3)8-4)22-35-38-33-25(21-34)19-32(47-33)37-36-30-18-17-28(41(43)44)20-31(30)42(45)46/h9-20,22H,5-8H2,1-4H3/b37-36+,38-35+. The summed E-state index contributed by atoms with van der Waals surface area (Å²) < 4.78 is 0. The van der Waals surface area contributed by atoms with Gasteiger partial charge in [0.25, 0.3) is 5.69 Å². The second kappa shape index (κ2) is 16.0. The lowest BCUT2D eigenvalue weighted by atomic mass is 9.98. The quantitative estimate of drug-likeness (QED) is 0.0743. The van der Waals surface area contributed by atoms with E-state index >= 15 is 0 Å². The van der Waals surface area contributed by atoms with Gasteiger partial charge in [-0.05, 0) is 75.2 Å². The minimum absolute atomic E-state index is 0.165. The zero-order chi connectivity index (χ0) is 33.9. The largest absolute Gasteiger partial charge is 0.372 e. The Balaban J connectivity index is 1.68. The smallest absolute Gasteiger partial charge is 0.303 e. The molecule has 0 saturated carbocycles. The molecule has 0 fully saturated rings. The highest BCUT2D eigenvalue weighted by Crippen LogP contribution is 2.39. The molecule has 47 heavy (non-hydrogen) atoms. The molecular weight excluding hydrogens is 618 g/mol. The van der Waals surface area contributed by atoms with E-state index in [2.05, 4.69) is 113 Å². The number of hydrogen-bond donors (Lipinski definition) is 0. The summed E-state index contributed by atoms with van der Waals surface area (Å²) in [6.45, 7) is 12.1. The van der Waals surface area contributed by atoms with Crippen molar-refractivity contribution < 1.29 is 9.85 Å². The van der Waals surface area contributed by atoms with Crippen LogP contribution in [-0.2, 0) is 0 Å². The number of nitro groups is 2. The molecule has 0 aliphatic rings. The van der Waals surface area contributed by atoms with Crippen molar-refractivity contribution in [2.24, 2.45) is 20.5 Å². The highest BCUT2D eigenvalue weighted by Gasteiger charge is 2.20. The van der Waals surface area contributed by atoms with Crippen LogP contribution in [-0.4, -0.2) is 36.0 Å². The number of hydrogen-bond acceptors (Lipinski definition) is 12. The minimum Gasteiger partial charge on any atom is -0.372 e. The molecule has 0 unspecified atom stereocenters. The molecule has 13 nitrogen and oxygen atoms in total. The molecule has 0 saturated heterocycles. The summed E-state index contributed by atoms with van der Waals surface area (Å²) in [6.07, 6.45) is 1.65. The first-order valence-electron chi connectivity index (χ1n) is 14.9. The van der Waals surface area contributed by atoms with E-state index in [0.29, 0.717) is 0 Å². The second-order valence-corrected chi connectivity index (χ2v) is 11.0. The third kappa shape index (κ3) is 8.27. The first-order valence-corrected chi connectivity index (χ1v) is 15.7. The molecule has 4 aromatic rings. The summed E-state index contributed by atoms with van der Waals surface area (Å²) in [5.74, 6) is 0. The first-order chi connectivity index (χ1) is 22.7. The van der Waals surface area contributed by atoms with Gasteiger partial charge in [-0.2, -0.15) is 10.4 Å². The lowest BCUT2D eigenvalue weighted by Crippen LogP contribution is -2.21. The minimum atomic E-state index is -0.769. The van der Waals surface area contributed by atoms with Crippen LogP contribution in [0.4, 0.5) is 38.4 Å². The molecule has 1 aromatic heterocycles. The maximum atomic E-state index is 11.4. The monoisotopic (exact) mass is 651 g/mol. The van der Waals surface area contributed by atoms with E-state index < -0.39 is 21.2 Å². The van der Waals surface area contributed by atoms with Gasteiger partial charge in [-0.25, -0.2) is 0 Å². The molecule has 1 heterocycles. The second-order valence-electron chi connectivity index (χ2n) is 10.00. The van der Waals surface area contributed by atoms with Crippen LogP contribution in [0.15, 0.2) is 99.5 Å². The maximum Gasteiger partial charge on any atom is 0.303 e. The van der Waals surface area contributed by atoms with E-state index in [9.17, 15) is 25.5 Å². The molecule has 4 rings (SSSR count). The fourth-order valence-corrected chi connectivity index (χ4v) is 5.63. The van der Waals surface area contributed by atoms with Gasteiger partial charge in [-0.3, -0.25) is 20.2 Å². The molecule has 0 aliphatic heterocycles. The first kappa shape index (κ1) is 34.1. The van der Waals surface area contributed by atoms with Gasteiger partial charge < -0.3 is 9.80 Å². The van der Waals surface area contributed by atoms with Crippen LogP contribution in [0, 0.1) is 31.6 Å². The Bertz CT molecular complexity index is 1790. The number of anilines is 2. The molecule has 0 atom stereocenters. The summed E-state index contributed by atoms with van der Waals surface area (Å²) in [5.41, 5.74) is 4.01. The van der Waals surface area contributed by atoms with Crippen molar-refractivity contribution in [2.75, 3.05) is 36.0 Å². The third-order valence-electron chi connectivity index (χ3n) is 7.39. The van der Waals surface area contributed by atoms with Crippen molar-refractivity contribution in [1.29, 1.82) is 5.26 Å². The van der Waals surface area contributed by atoms with Gasteiger partial charge in [0.05, 0.1) is 27.7 Å². The molecule has 0 bridgehead atoms. The van der Waals surface area contributed by atoms with E-state index in [0.717, 1.165) is 83.8 Å². The predicted octanol–water partition coefficient (Wildman–Crippen LogP) is 9.72. The van der Waals surface area contributed by atoms with Crippen molar-refractivity contribution in [3.8, 4) is 6.07 Å². The van der Waals surface area contributed by atoms with Crippen LogP contribution in [0.5, 0.6) is 0 Å². The van der Waals surface area contributed by atoms with Gasteiger partial charge >= 0.3 is 5.69 Å². The van der Waals surface area contributed by atoms with E-state index in [1.807, 2.05) is 0 Å². The van der Waals surface area contributed by atoms with Gasteiger partial charge in [-0.1, -0.05) is 35.6 Å². The van der Waals surface area contributed by atoms with Gasteiger partial charge in [0.15, 0.2) is 10.7 Å². The summed E-state index contributed by atoms with van der Waals surface area (Å²) in [7, 11) is 0. The van der Waals surface area contributed by atoms with Crippen molar-refractivity contribution in [3.05, 3.63) is 116 Å². The summed E-state index contributed by atoms with van der Waals surface area (Å²) >= 11 is 1.03. The van der Waals surface area contributed by atoms with Crippen molar-refractivity contribution >= 4 is 55.3 Å². The Morgan fingerprint density at radius 3 is 1.81 bits per heavy atom. The Kier molecular flexibility index (Phi) is 11.6. The SMILES string of the molecule is CCN(CC)c1ccc(C(=C/N=N/c2sc(/N=N/c3ccc([N+](=O)[O-])cc3[N+](=O)[O-])cc2C#N)c2ccc(N(CC)CC)cc2)cc1. The fraction of sp³-hybridized carbons (Fsp3) is 0.242. The molecule has 0 N–H and O–H groups in total. The zero-order valence-corrected chi connectivity index (χ0v) is 27.2. The zero-order valence-electron chi connectivity index (χ0n) is 26.4. The molecule has 0 spiro atoms. The summed E-state index contributed by atoms with van der Waals surface area (Å²) in [5, 5.41) is 49.3. The highest BCUT2D eigenvalue weighted by molar-refractivity contribution is 7.19. The van der Waals surface area contributed by atoms with Crippen molar-refractivity contribution in [2.45, 2.75) is 27.7 Å². The third-order valence-corrected chi connectivity index (χ3v) is 8.30. The van der Waals surface area contributed by atoms with Crippen molar-refractivity contribution in [1.82, 2.24) is 0 Å². The Hall–Kier alpha value is -5.81. The lowest BCUT2D eigenvalue weighted by molar-refractivity contribution is -0.393. The molecule has 0 radical (unpaired) electrons. The number of benzene rings is 3. The van der Waals surface area contributed by atoms with Gasteiger partial charge in [-0.15, -0.1) is 15.3 Å². The van der Waals surface area contributed by atoms with Crippen LogP contribution in [0.3, 0.4) is 0 Å². The Morgan fingerprint density at radius 1 is 0.787 bits per heavy atom. The highest BCUT2D eigenvalue weighted by atomic mass is 32.1. The van der Waals surface area contributed by atoms with Crippen LogP contribution < -0.4 is 9.80 Å². The molecule has 14 heteroatoms. The number of thiophene rings is 1. The topological polar surface area (TPSA) is 166 Å². The lowest BCUT2D eigenvalue weighted by Gasteiger charge is -2.22. The number of nitriles is 1. The summed E-state index contributed by atoms with van der Waals surface area (Å²) in [6, 6.07) is 23.1. The van der Waals surface area contributed by atoms with E-state index in [4.69, 9.17) is 0 Å². The van der Waals surface area contributed by atoms with Gasteiger partial charge in [0, 0.05) is 49.2 Å². The van der Waals surface area contributed by atoms with Crippen molar-refractivity contribution in [3.63, 3.8) is 0 Å². The van der Waals surface area contributed by atoms with E-state index in [1.165, 1.54) is 6.07 Å². The van der Waals surface area contributed by atoms with Gasteiger partial charge in [0.1, 0.15) is 11.1 Å². The van der Waals surface area contributed by atoms with Crippen LogP contribution in [0.2, 0.25) is 0 Å². The number of nitrogens with zero attached hydrogens (tertiary/aromatic N) is 9. The van der Waals surface area contributed by atoms with Gasteiger partial charge in [0.2, 0.25) is 0 Å². The van der Waals surface area contributed by atoms with E-state index in [-0.39, 0.29) is 21.3 Å². The molecule has 0 amide bonds. The normalized spacial score (nSPS) is 11.0. The van der Waals surface area contributed by atoms with E-state index in [1.54, 1.807) is 6.20 Å². The Morgan fingerprint density at radius 2 is 1.34 bits per heavy atom. The number of non-ortho nitro benzene ring substituents is 1. The average Bonchev–Trinajstić information content (AvgIpc) is 3.49. The number of rotatable bonds is 14. The number of nitro benzene ring substituents is 2. The fourth-order valence-electron chi connectivity index (χ4n) is 4.87. The van der Waals surface area contributed by atoms with Crippen LogP contribution >= 0.6 is 11.3 Å². The van der Waals surface area contributed by atoms with Crippen LogP contribution in [0.25, 0.3) is 5.57 Å². The molecule has 3 aromatic carbocycles. The number of azo groups is 2. The molecule has 240 valence electrons. The summed E-state index contributed by atoms with van der Waals surface area (Å²) in [4.78, 5) is 25.5. The Labute approximate surface area is 276 Å². The predicted molar refractivity (Wildman–Crippen MR) is 185 cm³/mol. The molecule has 0 aliphatic carbocycles. The average molecular weight is 652 g/mol. The van der Waals surface area contributed by atoms with Crippen LogP contribution in [0.1, 0.15) is 44.4 Å². The molecular formula is C33H33N9O4S.